The fourth-order valence-corrected chi connectivity index (χ4v) is 4.75. The fourth-order valence-electron chi connectivity index (χ4n) is 3.09. The molecule has 0 aliphatic carbocycles. The number of alkyl halides is 1. The third-order valence-corrected chi connectivity index (χ3v) is 5.28. The monoisotopic (exact) mass is 574 g/mol. The number of nitrogens with one attached hydrogen (secondary N) is 2. The summed E-state index contributed by atoms with van der Waals surface area (Å²) in [6.45, 7) is 9.92. The Morgan fingerprint density at radius 1 is 1.44 bits per heavy atom. The maximum Gasteiger partial charge on any atom is 0.185 e. The average Bonchev–Trinajstić information content (AvgIpc) is 2.91. The summed E-state index contributed by atoms with van der Waals surface area (Å²) in [6.07, 6.45) is 5.62. The lowest BCUT2D eigenvalue weighted by molar-refractivity contribution is -0.0158. The zero-order valence-electron chi connectivity index (χ0n) is 15.1. The van der Waals surface area contributed by atoms with Gasteiger partial charge in [0.05, 0.1) is 12.2 Å². The van der Waals surface area contributed by atoms with Crippen LogP contribution in [0.5, 0.6) is 0 Å². The van der Waals surface area contributed by atoms with Crippen LogP contribution in [0, 0.1) is 0 Å². The van der Waals surface area contributed by atoms with Crippen LogP contribution >= 0.6 is 45.2 Å². The molecule has 2 rings (SSSR count). The fraction of sp³-hybridized carbons (Fsp3) is 0.750. The Kier molecular flexibility index (Phi) is 8.85. The largest absolute Gasteiger partial charge is 0.371 e. The van der Waals surface area contributed by atoms with Crippen LogP contribution < -0.4 is 10.9 Å². The molecular formula is C16H28I2N6O. The van der Waals surface area contributed by atoms with Gasteiger partial charge in [0.1, 0.15) is 16.0 Å². The third kappa shape index (κ3) is 6.01. The van der Waals surface area contributed by atoms with E-state index in [-0.39, 0.29) is 10.2 Å². The number of amidine groups is 2. The predicted octanol–water partition coefficient (Wildman–Crippen LogP) is 2.68. The van der Waals surface area contributed by atoms with Gasteiger partial charge in [0, 0.05) is 35.7 Å². The molecule has 25 heavy (non-hydrogen) atoms. The van der Waals surface area contributed by atoms with Crippen molar-refractivity contribution in [3.63, 3.8) is 0 Å². The van der Waals surface area contributed by atoms with Crippen molar-refractivity contribution in [2.24, 2.45) is 10.1 Å². The Morgan fingerprint density at radius 2 is 2.08 bits per heavy atom. The highest BCUT2D eigenvalue weighted by Crippen LogP contribution is 2.27. The molecule has 2 N–H and O–H groups in total. The van der Waals surface area contributed by atoms with Crippen LogP contribution in [0.2, 0.25) is 0 Å². The molecule has 4 unspecified atom stereocenters. The summed E-state index contributed by atoms with van der Waals surface area (Å²) in [5, 5.41) is 6.86. The van der Waals surface area contributed by atoms with Crippen LogP contribution in [0.15, 0.2) is 22.7 Å². The normalized spacial score (nSPS) is 26.5. The number of hydrogen-bond acceptors (Lipinski definition) is 5. The van der Waals surface area contributed by atoms with E-state index < -0.39 is 0 Å². The Labute approximate surface area is 177 Å². The quantitative estimate of drug-likeness (QED) is 0.0933. The van der Waals surface area contributed by atoms with Crippen molar-refractivity contribution < 1.29 is 4.74 Å². The molecule has 142 valence electrons. The number of aliphatic imine (C=N–C) groups is 1. The van der Waals surface area contributed by atoms with Gasteiger partial charge in [-0.1, -0.05) is 36.1 Å². The van der Waals surface area contributed by atoms with Gasteiger partial charge in [0.15, 0.2) is 3.84 Å². The van der Waals surface area contributed by atoms with Crippen LogP contribution in [0.4, 0.5) is 0 Å². The number of halogens is 2. The van der Waals surface area contributed by atoms with Gasteiger partial charge in [-0.25, -0.2) is 15.4 Å². The average molecular weight is 574 g/mol. The number of hydrazine groups is 1. The van der Waals surface area contributed by atoms with E-state index in [2.05, 4.69) is 86.4 Å². The maximum atomic E-state index is 5.94. The molecule has 2 saturated heterocycles. The molecule has 2 heterocycles. The standard InChI is InChI=1S/C16H28I2N6O/c1-5-14(21-19-4)24(16(18)20-11(3)17)22-15(6-2)23-9-12-7-8-13(10-23)25-12/h6,11-14,19,21H,2,5,7-10H2,1,3-4H3/b20-16-,22-15+. The van der Waals surface area contributed by atoms with Gasteiger partial charge in [-0.3, -0.25) is 5.43 Å². The van der Waals surface area contributed by atoms with E-state index in [1.807, 2.05) is 18.1 Å². The highest BCUT2D eigenvalue weighted by molar-refractivity contribution is 14.1. The Bertz CT molecular complexity index is 501. The highest BCUT2D eigenvalue weighted by Gasteiger charge is 2.35. The van der Waals surface area contributed by atoms with Gasteiger partial charge < -0.3 is 9.64 Å². The van der Waals surface area contributed by atoms with Crippen LogP contribution in [-0.4, -0.2) is 62.1 Å². The van der Waals surface area contributed by atoms with Crippen molar-refractivity contribution in [3.05, 3.63) is 12.7 Å². The Hall–Kier alpha value is 0.0200. The first-order valence-electron chi connectivity index (χ1n) is 8.68. The van der Waals surface area contributed by atoms with Crippen LogP contribution in [0.3, 0.4) is 0 Å². The second kappa shape index (κ2) is 10.4. The molecule has 2 fully saturated rings. The second-order valence-electron chi connectivity index (χ2n) is 6.16. The van der Waals surface area contributed by atoms with Crippen molar-refractivity contribution in [3.8, 4) is 0 Å². The molecular weight excluding hydrogens is 546 g/mol. The first-order valence-corrected chi connectivity index (χ1v) is 11.0. The summed E-state index contributed by atoms with van der Waals surface area (Å²) < 4.78 is 6.97. The molecule has 0 spiro atoms. The lowest BCUT2D eigenvalue weighted by Crippen LogP contribution is -2.51. The minimum Gasteiger partial charge on any atom is -0.371 e. The van der Waals surface area contributed by atoms with Crippen molar-refractivity contribution in [1.29, 1.82) is 0 Å². The molecule has 9 heteroatoms. The minimum atomic E-state index is 0.00325. The Morgan fingerprint density at radius 3 is 2.56 bits per heavy atom. The number of morpholine rings is 1. The van der Waals surface area contributed by atoms with E-state index in [0.29, 0.717) is 12.2 Å². The molecule has 0 aromatic heterocycles. The van der Waals surface area contributed by atoms with Gasteiger partial charge in [-0.15, -0.1) is 0 Å². The van der Waals surface area contributed by atoms with Gasteiger partial charge in [0.2, 0.25) is 0 Å². The summed E-state index contributed by atoms with van der Waals surface area (Å²) in [7, 11) is 1.86. The highest BCUT2D eigenvalue weighted by atomic mass is 127. The van der Waals surface area contributed by atoms with E-state index in [1.54, 1.807) is 0 Å². The number of ether oxygens (including phenoxy) is 1. The SMILES string of the molecule is C=C/C(=N\N(/C(I)=N\C(C)I)C(CC)NNC)N1CC2CCC(C1)O2. The predicted molar refractivity (Wildman–Crippen MR) is 120 cm³/mol. The van der Waals surface area contributed by atoms with Crippen molar-refractivity contribution in [2.45, 2.75) is 55.5 Å². The first-order chi connectivity index (χ1) is 12.0. The minimum absolute atomic E-state index is 0.00325. The van der Waals surface area contributed by atoms with E-state index in [1.165, 1.54) is 0 Å². The lowest BCUT2D eigenvalue weighted by atomic mass is 10.2. The van der Waals surface area contributed by atoms with Gasteiger partial charge in [-0.05, 0) is 39.3 Å². The van der Waals surface area contributed by atoms with E-state index >= 15 is 0 Å². The molecule has 4 atom stereocenters. The van der Waals surface area contributed by atoms with Gasteiger partial charge in [0.25, 0.3) is 0 Å². The Balaban J connectivity index is 2.27. The smallest absolute Gasteiger partial charge is 0.185 e. The van der Waals surface area contributed by atoms with Gasteiger partial charge >= 0.3 is 0 Å². The van der Waals surface area contributed by atoms with Crippen molar-refractivity contribution in [1.82, 2.24) is 20.8 Å². The number of hydrogen-bond donors (Lipinski definition) is 2. The molecule has 0 aromatic rings. The molecule has 0 aromatic carbocycles. The molecule has 0 saturated carbocycles. The van der Waals surface area contributed by atoms with Crippen LogP contribution in [0.25, 0.3) is 0 Å². The van der Waals surface area contributed by atoms with Crippen molar-refractivity contribution in [2.75, 3.05) is 20.1 Å². The lowest BCUT2D eigenvalue weighted by Gasteiger charge is -2.35. The molecule has 0 amide bonds. The topological polar surface area (TPSA) is 64.5 Å². The number of hydrazone groups is 1. The zero-order chi connectivity index (χ0) is 18.4. The van der Waals surface area contributed by atoms with E-state index in [4.69, 9.17) is 9.84 Å². The summed E-state index contributed by atoms with van der Waals surface area (Å²) in [6, 6.07) is 0. The van der Waals surface area contributed by atoms with Crippen molar-refractivity contribution >= 4 is 54.9 Å². The van der Waals surface area contributed by atoms with Crippen LogP contribution in [-0.2, 0) is 4.74 Å². The molecule has 2 bridgehead atoms. The molecule has 0 radical (unpaired) electrons. The maximum absolute atomic E-state index is 5.94. The summed E-state index contributed by atoms with van der Waals surface area (Å²) in [5.41, 5.74) is 6.27. The second-order valence-corrected chi connectivity index (χ2v) is 8.93. The summed E-state index contributed by atoms with van der Waals surface area (Å²) in [4.78, 5) is 6.95. The van der Waals surface area contributed by atoms with Crippen LogP contribution in [0.1, 0.15) is 33.1 Å². The number of nitrogens with zero attached hydrogens (tertiary/aromatic N) is 4. The molecule has 2 aliphatic heterocycles. The first kappa shape index (κ1) is 21.3. The number of fused-ring (bicyclic) bond motifs is 2. The number of likely N-dealkylation sites (tertiary alicyclic amines) is 1. The van der Waals surface area contributed by atoms with E-state index in [9.17, 15) is 0 Å². The number of rotatable bonds is 7. The summed E-state index contributed by atoms with van der Waals surface area (Å²) >= 11 is 4.55. The van der Waals surface area contributed by atoms with E-state index in [0.717, 1.165) is 42.0 Å². The zero-order valence-corrected chi connectivity index (χ0v) is 19.4. The summed E-state index contributed by atoms with van der Waals surface area (Å²) in [5.74, 6) is 0.877. The molecule has 2 aliphatic rings. The third-order valence-electron chi connectivity index (χ3n) is 4.23. The molecule has 7 nitrogen and oxygen atoms in total. The van der Waals surface area contributed by atoms with Gasteiger partial charge in [-0.2, -0.15) is 5.10 Å².